The summed E-state index contributed by atoms with van der Waals surface area (Å²) in [7, 11) is 0. The third-order valence-electron chi connectivity index (χ3n) is 2.49. The van der Waals surface area contributed by atoms with E-state index in [1.165, 1.54) is 0 Å². The number of amides is 1. The average Bonchev–Trinajstić information content (AvgIpc) is 2.83. The van der Waals surface area contributed by atoms with Gasteiger partial charge in [0.25, 0.3) is 5.91 Å². The number of carbonyl (C=O) groups excluding carboxylic acids is 1. The van der Waals surface area contributed by atoms with Crippen LogP contribution in [0.15, 0.2) is 18.2 Å². The van der Waals surface area contributed by atoms with Crippen LogP contribution < -0.4 is 10.1 Å². The Morgan fingerprint density at radius 3 is 3.24 bits per heavy atom. The molecule has 1 aromatic heterocycles. The van der Waals surface area contributed by atoms with Crippen molar-refractivity contribution in [2.45, 2.75) is 25.9 Å². The predicted molar refractivity (Wildman–Crippen MR) is 63.0 cm³/mol. The largest absolute Gasteiger partial charge is 0.478 e. The van der Waals surface area contributed by atoms with Crippen LogP contribution in [-0.2, 0) is 9.53 Å². The molecule has 0 radical (unpaired) electrons. The summed E-state index contributed by atoms with van der Waals surface area (Å²) < 4.78 is 10.6. The van der Waals surface area contributed by atoms with Gasteiger partial charge in [-0.05, 0) is 25.8 Å². The van der Waals surface area contributed by atoms with E-state index in [2.05, 4.69) is 10.3 Å². The molecule has 1 saturated heterocycles. The van der Waals surface area contributed by atoms with Crippen molar-refractivity contribution in [3.8, 4) is 5.88 Å². The van der Waals surface area contributed by atoms with Crippen LogP contribution in [0.25, 0.3) is 0 Å². The summed E-state index contributed by atoms with van der Waals surface area (Å²) in [5.74, 6) is 0.873. The van der Waals surface area contributed by atoms with Crippen LogP contribution >= 0.6 is 0 Å². The fourth-order valence-electron chi connectivity index (χ4n) is 1.70. The highest BCUT2D eigenvalue weighted by atomic mass is 16.5. The van der Waals surface area contributed by atoms with Gasteiger partial charge in [0.1, 0.15) is 11.9 Å². The number of pyridine rings is 1. The van der Waals surface area contributed by atoms with E-state index in [9.17, 15) is 4.79 Å². The van der Waals surface area contributed by atoms with E-state index in [1.54, 1.807) is 18.2 Å². The lowest BCUT2D eigenvalue weighted by Crippen LogP contribution is -2.27. The third-order valence-corrected chi connectivity index (χ3v) is 2.49. The second-order valence-corrected chi connectivity index (χ2v) is 3.78. The lowest BCUT2D eigenvalue weighted by Gasteiger charge is -2.10. The summed E-state index contributed by atoms with van der Waals surface area (Å²) in [6.07, 6.45) is 1.37. The molecule has 1 aromatic rings. The summed E-state index contributed by atoms with van der Waals surface area (Å²) in [4.78, 5) is 15.9. The van der Waals surface area contributed by atoms with Crippen LogP contribution in [0.2, 0.25) is 0 Å². The Morgan fingerprint density at radius 1 is 1.65 bits per heavy atom. The Hall–Kier alpha value is -1.62. The minimum atomic E-state index is -0.340. The molecular weight excluding hydrogens is 220 g/mol. The SMILES string of the molecule is CCOc1cccc(NC(=O)C2CCCO2)n1. The Morgan fingerprint density at radius 2 is 2.53 bits per heavy atom. The first kappa shape index (κ1) is 11.9. The molecule has 0 saturated carbocycles. The summed E-state index contributed by atoms with van der Waals surface area (Å²) in [5.41, 5.74) is 0. The molecule has 92 valence electrons. The van der Waals surface area contributed by atoms with Crippen LogP contribution in [0.1, 0.15) is 19.8 Å². The van der Waals surface area contributed by atoms with Gasteiger partial charge in [0.15, 0.2) is 0 Å². The van der Waals surface area contributed by atoms with Crippen molar-refractivity contribution < 1.29 is 14.3 Å². The van der Waals surface area contributed by atoms with Gasteiger partial charge < -0.3 is 14.8 Å². The molecule has 1 amide bonds. The number of hydrogen-bond acceptors (Lipinski definition) is 4. The number of hydrogen-bond donors (Lipinski definition) is 1. The molecule has 1 aliphatic rings. The minimum Gasteiger partial charge on any atom is -0.478 e. The van der Waals surface area contributed by atoms with Crippen molar-refractivity contribution in [2.75, 3.05) is 18.5 Å². The molecule has 0 aliphatic carbocycles. The molecule has 1 fully saturated rings. The van der Waals surface area contributed by atoms with E-state index in [4.69, 9.17) is 9.47 Å². The van der Waals surface area contributed by atoms with Crippen LogP contribution in [0, 0.1) is 0 Å². The number of anilines is 1. The molecule has 17 heavy (non-hydrogen) atoms. The van der Waals surface area contributed by atoms with E-state index in [1.807, 2.05) is 6.92 Å². The molecule has 1 N–H and O–H groups in total. The number of ether oxygens (including phenoxy) is 2. The average molecular weight is 236 g/mol. The van der Waals surface area contributed by atoms with E-state index in [-0.39, 0.29) is 12.0 Å². The maximum atomic E-state index is 11.8. The zero-order valence-corrected chi connectivity index (χ0v) is 9.81. The van der Waals surface area contributed by atoms with Crippen molar-refractivity contribution >= 4 is 11.7 Å². The van der Waals surface area contributed by atoms with E-state index in [0.717, 1.165) is 12.8 Å². The standard InChI is InChI=1S/C12H16N2O3/c1-2-16-11-7-3-6-10(13-11)14-12(15)9-5-4-8-17-9/h3,6-7,9H,2,4-5,8H2,1H3,(H,13,14,15). The quantitative estimate of drug-likeness (QED) is 0.862. The van der Waals surface area contributed by atoms with Gasteiger partial charge >= 0.3 is 0 Å². The van der Waals surface area contributed by atoms with Crippen molar-refractivity contribution in [2.24, 2.45) is 0 Å². The van der Waals surface area contributed by atoms with Crippen LogP contribution in [0.5, 0.6) is 5.88 Å². The number of nitrogens with one attached hydrogen (secondary N) is 1. The molecule has 0 spiro atoms. The highest BCUT2D eigenvalue weighted by Crippen LogP contribution is 2.16. The summed E-state index contributed by atoms with van der Waals surface area (Å²) in [6.45, 7) is 3.10. The van der Waals surface area contributed by atoms with Crippen molar-refractivity contribution in [3.63, 3.8) is 0 Å². The zero-order valence-electron chi connectivity index (χ0n) is 9.81. The summed E-state index contributed by atoms with van der Waals surface area (Å²) >= 11 is 0. The molecule has 0 aromatic carbocycles. The smallest absolute Gasteiger partial charge is 0.254 e. The number of nitrogens with zero attached hydrogens (tertiary/aromatic N) is 1. The fourth-order valence-corrected chi connectivity index (χ4v) is 1.70. The van der Waals surface area contributed by atoms with Crippen molar-refractivity contribution in [1.82, 2.24) is 4.98 Å². The van der Waals surface area contributed by atoms with E-state index in [0.29, 0.717) is 24.9 Å². The number of aromatic nitrogens is 1. The Kier molecular flexibility index (Phi) is 3.93. The molecule has 5 heteroatoms. The second-order valence-electron chi connectivity index (χ2n) is 3.78. The number of rotatable bonds is 4. The molecule has 2 heterocycles. The summed E-state index contributed by atoms with van der Waals surface area (Å²) in [6, 6.07) is 5.28. The Balaban J connectivity index is 1.97. The van der Waals surface area contributed by atoms with E-state index < -0.39 is 0 Å². The lowest BCUT2D eigenvalue weighted by atomic mass is 10.2. The maximum absolute atomic E-state index is 11.8. The third kappa shape index (κ3) is 3.17. The van der Waals surface area contributed by atoms with Crippen LogP contribution in [-0.4, -0.2) is 30.2 Å². The first-order chi connectivity index (χ1) is 8.29. The predicted octanol–water partition coefficient (Wildman–Crippen LogP) is 1.60. The summed E-state index contributed by atoms with van der Waals surface area (Å²) in [5, 5.41) is 2.73. The number of carbonyl (C=O) groups is 1. The Labute approximate surface area is 100 Å². The molecule has 1 atom stereocenters. The zero-order chi connectivity index (χ0) is 12.1. The van der Waals surface area contributed by atoms with Gasteiger partial charge in [-0.1, -0.05) is 6.07 Å². The van der Waals surface area contributed by atoms with Crippen molar-refractivity contribution in [1.29, 1.82) is 0 Å². The van der Waals surface area contributed by atoms with Gasteiger partial charge in [0.05, 0.1) is 6.61 Å². The van der Waals surface area contributed by atoms with Gasteiger partial charge in [-0.3, -0.25) is 4.79 Å². The molecule has 2 rings (SSSR count). The first-order valence-electron chi connectivity index (χ1n) is 5.82. The van der Waals surface area contributed by atoms with Gasteiger partial charge in [0.2, 0.25) is 5.88 Å². The monoisotopic (exact) mass is 236 g/mol. The topological polar surface area (TPSA) is 60.5 Å². The highest BCUT2D eigenvalue weighted by Gasteiger charge is 2.23. The van der Waals surface area contributed by atoms with E-state index >= 15 is 0 Å². The maximum Gasteiger partial charge on any atom is 0.254 e. The van der Waals surface area contributed by atoms with Crippen molar-refractivity contribution in [3.05, 3.63) is 18.2 Å². The van der Waals surface area contributed by atoms with Crippen LogP contribution in [0.4, 0.5) is 5.82 Å². The van der Waals surface area contributed by atoms with Crippen LogP contribution in [0.3, 0.4) is 0 Å². The molecule has 5 nitrogen and oxygen atoms in total. The molecule has 1 aliphatic heterocycles. The second kappa shape index (κ2) is 5.63. The molecular formula is C12H16N2O3. The minimum absolute atomic E-state index is 0.136. The molecule has 1 unspecified atom stereocenters. The van der Waals surface area contributed by atoms with Gasteiger partial charge in [-0.25, -0.2) is 0 Å². The fraction of sp³-hybridized carbons (Fsp3) is 0.500. The van der Waals surface area contributed by atoms with Gasteiger partial charge in [-0.15, -0.1) is 0 Å². The first-order valence-corrected chi connectivity index (χ1v) is 5.82. The molecule has 0 bridgehead atoms. The lowest BCUT2D eigenvalue weighted by molar-refractivity contribution is -0.124. The van der Waals surface area contributed by atoms with Gasteiger partial charge in [0, 0.05) is 12.7 Å². The normalized spacial score (nSPS) is 19.0. The highest BCUT2D eigenvalue weighted by molar-refractivity contribution is 5.93. The Bertz CT molecular complexity index is 389. The van der Waals surface area contributed by atoms with Gasteiger partial charge in [-0.2, -0.15) is 4.98 Å².